The van der Waals surface area contributed by atoms with Crippen molar-refractivity contribution in [3.05, 3.63) is 75.2 Å². The number of nitrogens with zero attached hydrogens (tertiary/aromatic N) is 1. The molecule has 1 heterocycles. The van der Waals surface area contributed by atoms with Gasteiger partial charge in [-0.15, -0.1) is 0 Å². The third-order valence-corrected chi connectivity index (χ3v) is 5.72. The second-order valence-corrected chi connectivity index (χ2v) is 7.61. The zero-order chi connectivity index (χ0) is 20.7. The Morgan fingerprint density at radius 2 is 2.07 bits per heavy atom. The second kappa shape index (κ2) is 7.44. The number of fused-ring (bicyclic) bond motifs is 1. The third kappa shape index (κ3) is 3.34. The molecule has 2 aromatic carbocycles. The van der Waals surface area contributed by atoms with E-state index in [0.29, 0.717) is 28.3 Å². The highest BCUT2D eigenvalue weighted by atomic mass is 35.5. The molecule has 0 saturated heterocycles. The molecular weight excluding hydrogens is 395 g/mol. The zero-order valence-electron chi connectivity index (χ0n) is 15.6. The molecule has 29 heavy (non-hydrogen) atoms. The Morgan fingerprint density at radius 1 is 1.28 bits per heavy atom. The van der Waals surface area contributed by atoms with Crippen LogP contribution in [0.1, 0.15) is 56.3 Å². The summed E-state index contributed by atoms with van der Waals surface area (Å²) in [5, 5.41) is 16.8. The number of nitrogens with one attached hydrogen (secondary N) is 1. The van der Waals surface area contributed by atoms with Crippen molar-refractivity contribution in [1.82, 2.24) is 10.2 Å². The predicted molar refractivity (Wildman–Crippen MR) is 107 cm³/mol. The van der Waals surface area contributed by atoms with E-state index in [0.717, 1.165) is 35.7 Å². The summed E-state index contributed by atoms with van der Waals surface area (Å²) in [6.45, 7) is 1.85. The van der Waals surface area contributed by atoms with Gasteiger partial charge in [0.15, 0.2) is 5.78 Å². The molecule has 1 aromatic heterocycles. The maximum atomic E-state index is 14.2. The number of aromatic carboxylic acids is 1. The van der Waals surface area contributed by atoms with Gasteiger partial charge in [0, 0.05) is 22.4 Å². The maximum Gasteiger partial charge on any atom is 0.338 e. The summed E-state index contributed by atoms with van der Waals surface area (Å²) in [5.41, 5.74) is 3.37. The summed E-state index contributed by atoms with van der Waals surface area (Å²) in [6.07, 6.45) is 2.20. The zero-order valence-corrected chi connectivity index (χ0v) is 16.4. The van der Waals surface area contributed by atoms with Gasteiger partial charge in [-0.05, 0) is 49.9 Å². The standard InChI is InChI=1S/C22H18ClFN2O3/c1-11-4-2-6-15(23)18(11)21(27)14-5-3-7-17-19(14)20(26-25-17)12-8-9-13(22(28)29)16(24)10-12/h2,4,6,8-10,14H,3,5,7H2,1H3,(H,25,26)(H,28,29). The molecule has 0 fully saturated rings. The van der Waals surface area contributed by atoms with Gasteiger partial charge < -0.3 is 5.11 Å². The van der Waals surface area contributed by atoms with Crippen molar-refractivity contribution in [2.45, 2.75) is 32.1 Å². The topological polar surface area (TPSA) is 83.0 Å². The lowest BCUT2D eigenvalue weighted by molar-refractivity contribution is 0.0691. The van der Waals surface area contributed by atoms with Crippen LogP contribution in [0.2, 0.25) is 5.02 Å². The van der Waals surface area contributed by atoms with Crippen LogP contribution < -0.4 is 0 Å². The number of benzene rings is 2. The lowest BCUT2D eigenvalue weighted by atomic mass is 9.79. The number of carbonyl (C=O) groups is 2. The molecule has 4 rings (SSSR count). The highest BCUT2D eigenvalue weighted by Crippen LogP contribution is 2.40. The molecule has 0 saturated carbocycles. The Bertz CT molecular complexity index is 1120. The molecule has 0 radical (unpaired) electrons. The fraction of sp³-hybridized carbons (Fsp3) is 0.227. The number of H-pyrrole nitrogens is 1. The third-order valence-electron chi connectivity index (χ3n) is 5.41. The quantitative estimate of drug-likeness (QED) is 0.578. The fourth-order valence-corrected chi connectivity index (χ4v) is 4.33. The second-order valence-electron chi connectivity index (χ2n) is 7.21. The van der Waals surface area contributed by atoms with E-state index < -0.39 is 23.3 Å². The molecule has 148 valence electrons. The highest BCUT2D eigenvalue weighted by Gasteiger charge is 2.34. The fourth-order valence-electron chi connectivity index (χ4n) is 4.02. The SMILES string of the molecule is Cc1cccc(Cl)c1C(=O)C1CCCc2[nH]nc(-c3ccc(C(=O)O)c(F)c3)c21. The average molecular weight is 413 g/mol. The van der Waals surface area contributed by atoms with Crippen LogP contribution >= 0.6 is 11.6 Å². The number of aryl methyl sites for hydroxylation is 2. The molecule has 7 heteroatoms. The number of rotatable bonds is 4. The van der Waals surface area contributed by atoms with Crippen LogP contribution in [0.3, 0.4) is 0 Å². The van der Waals surface area contributed by atoms with Crippen molar-refractivity contribution in [2.75, 3.05) is 0 Å². The molecule has 1 atom stereocenters. The van der Waals surface area contributed by atoms with Gasteiger partial charge in [0.1, 0.15) is 5.82 Å². The van der Waals surface area contributed by atoms with Crippen LogP contribution in [0, 0.1) is 12.7 Å². The van der Waals surface area contributed by atoms with Gasteiger partial charge in [-0.1, -0.05) is 29.8 Å². The van der Waals surface area contributed by atoms with Crippen LogP contribution in [0.5, 0.6) is 0 Å². The van der Waals surface area contributed by atoms with Crippen LogP contribution in [-0.4, -0.2) is 27.1 Å². The normalized spacial score (nSPS) is 15.8. The summed E-state index contributed by atoms with van der Waals surface area (Å²) >= 11 is 6.32. The first-order chi connectivity index (χ1) is 13.9. The van der Waals surface area contributed by atoms with Crippen molar-refractivity contribution in [3.8, 4) is 11.3 Å². The van der Waals surface area contributed by atoms with E-state index in [1.54, 1.807) is 12.1 Å². The minimum absolute atomic E-state index is 0.0840. The summed E-state index contributed by atoms with van der Waals surface area (Å²) in [5.74, 6) is -2.71. The minimum atomic E-state index is -1.33. The van der Waals surface area contributed by atoms with Gasteiger partial charge in [0.2, 0.25) is 0 Å². The summed E-state index contributed by atoms with van der Waals surface area (Å²) in [7, 11) is 0. The first-order valence-corrected chi connectivity index (χ1v) is 9.66. The number of ketones is 1. The number of aromatic amines is 1. The Hall–Kier alpha value is -2.99. The molecular formula is C22H18ClFN2O3. The van der Waals surface area contributed by atoms with Gasteiger partial charge in [0.25, 0.3) is 0 Å². The maximum absolute atomic E-state index is 14.2. The Labute approximate surface area is 171 Å². The average Bonchev–Trinajstić information content (AvgIpc) is 3.11. The summed E-state index contributed by atoms with van der Waals surface area (Å²) in [6, 6.07) is 9.22. The number of carbonyl (C=O) groups excluding carboxylic acids is 1. The molecule has 1 aliphatic rings. The van der Waals surface area contributed by atoms with Crippen molar-refractivity contribution in [2.24, 2.45) is 0 Å². The molecule has 0 bridgehead atoms. The molecule has 2 N–H and O–H groups in total. The van der Waals surface area contributed by atoms with E-state index in [9.17, 15) is 14.0 Å². The van der Waals surface area contributed by atoms with Crippen molar-refractivity contribution < 1.29 is 19.1 Å². The molecule has 0 spiro atoms. The number of hydrogen-bond acceptors (Lipinski definition) is 3. The first kappa shape index (κ1) is 19.3. The van der Waals surface area contributed by atoms with Gasteiger partial charge in [-0.25, -0.2) is 9.18 Å². The Balaban J connectivity index is 1.81. The molecule has 1 unspecified atom stereocenters. The number of carboxylic acids is 1. The highest BCUT2D eigenvalue weighted by molar-refractivity contribution is 6.34. The molecule has 1 aliphatic carbocycles. The number of halogens is 2. The van der Waals surface area contributed by atoms with Gasteiger partial charge in [-0.2, -0.15) is 5.10 Å². The van der Waals surface area contributed by atoms with E-state index >= 15 is 0 Å². The Morgan fingerprint density at radius 3 is 2.76 bits per heavy atom. The van der Waals surface area contributed by atoms with Crippen LogP contribution in [0.4, 0.5) is 4.39 Å². The minimum Gasteiger partial charge on any atom is -0.478 e. The Kier molecular flexibility index (Phi) is 4.96. The lowest BCUT2D eigenvalue weighted by Gasteiger charge is -2.23. The van der Waals surface area contributed by atoms with E-state index in [-0.39, 0.29) is 5.78 Å². The molecule has 5 nitrogen and oxygen atoms in total. The number of Topliss-reactive ketones (excluding diaryl/α,β-unsaturated/α-hetero) is 1. The lowest BCUT2D eigenvalue weighted by Crippen LogP contribution is -2.20. The number of aromatic nitrogens is 2. The molecule has 0 aliphatic heterocycles. The van der Waals surface area contributed by atoms with E-state index in [1.165, 1.54) is 12.1 Å². The largest absolute Gasteiger partial charge is 0.478 e. The van der Waals surface area contributed by atoms with Crippen LogP contribution in [-0.2, 0) is 6.42 Å². The molecule has 3 aromatic rings. The summed E-state index contributed by atoms with van der Waals surface area (Å²) < 4.78 is 14.2. The first-order valence-electron chi connectivity index (χ1n) is 9.28. The number of carboxylic acid groups (broad SMARTS) is 1. The number of hydrogen-bond donors (Lipinski definition) is 2. The van der Waals surface area contributed by atoms with Crippen molar-refractivity contribution in [3.63, 3.8) is 0 Å². The smallest absolute Gasteiger partial charge is 0.338 e. The van der Waals surface area contributed by atoms with E-state index in [1.807, 2.05) is 13.0 Å². The molecule has 0 amide bonds. The van der Waals surface area contributed by atoms with E-state index in [4.69, 9.17) is 16.7 Å². The van der Waals surface area contributed by atoms with E-state index in [2.05, 4.69) is 10.2 Å². The van der Waals surface area contributed by atoms with Crippen LogP contribution in [0.15, 0.2) is 36.4 Å². The van der Waals surface area contributed by atoms with Crippen molar-refractivity contribution in [1.29, 1.82) is 0 Å². The summed E-state index contributed by atoms with van der Waals surface area (Å²) in [4.78, 5) is 24.5. The van der Waals surface area contributed by atoms with Gasteiger partial charge in [-0.3, -0.25) is 9.89 Å². The predicted octanol–water partition coefficient (Wildman–Crippen LogP) is 5.18. The monoisotopic (exact) mass is 412 g/mol. The van der Waals surface area contributed by atoms with Gasteiger partial charge in [0.05, 0.1) is 22.2 Å². The van der Waals surface area contributed by atoms with Crippen LogP contribution in [0.25, 0.3) is 11.3 Å². The van der Waals surface area contributed by atoms with Gasteiger partial charge >= 0.3 is 5.97 Å². The van der Waals surface area contributed by atoms with Crippen molar-refractivity contribution >= 4 is 23.4 Å².